The van der Waals surface area contributed by atoms with Gasteiger partial charge in [-0.15, -0.1) is 0 Å². The Hall–Kier alpha value is -2.85. The van der Waals surface area contributed by atoms with Crippen molar-refractivity contribution >= 4 is 40.1 Å². The van der Waals surface area contributed by atoms with Crippen LogP contribution in [-0.2, 0) is 20.5 Å². The number of halogens is 3. The molecule has 1 atom stereocenters. The van der Waals surface area contributed by atoms with E-state index < -0.39 is 22.9 Å². The average Bonchev–Trinajstić information content (AvgIpc) is 3.02. The van der Waals surface area contributed by atoms with E-state index >= 15 is 0 Å². The summed E-state index contributed by atoms with van der Waals surface area (Å²) in [5, 5.41) is 1.92. The summed E-state index contributed by atoms with van der Waals surface area (Å²) in [6, 6.07) is 12.1. The van der Waals surface area contributed by atoms with Crippen molar-refractivity contribution in [3.63, 3.8) is 0 Å². The van der Waals surface area contributed by atoms with Gasteiger partial charge in [0.2, 0.25) is 11.8 Å². The number of amides is 2. The first-order valence-electron chi connectivity index (χ1n) is 9.78. The molecule has 2 aromatic carbocycles. The molecular weight excluding hydrogens is 443 g/mol. The van der Waals surface area contributed by atoms with Gasteiger partial charge in [-0.05, 0) is 30.7 Å². The predicted octanol–water partition coefficient (Wildman–Crippen LogP) is 4.62. The molecule has 0 radical (unpaired) electrons. The second-order valence-electron chi connectivity index (χ2n) is 7.07. The lowest BCUT2D eigenvalue weighted by Gasteiger charge is -2.16. The molecule has 0 saturated carbocycles. The van der Waals surface area contributed by atoms with Crippen LogP contribution in [0.3, 0.4) is 0 Å². The molecule has 0 aromatic heterocycles. The number of thioether (sulfide) groups is 1. The van der Waals surface area contributed by atoms with E-state index in [2.05, 4.69) is 10.3 Å². The van der Waals surface area contributed by atoms with Crippen LogP contribution in [0.15, 0.2) is 53.5 Å². The normalized spacial score (nSPS) is 17.8. The van der Waals surface area contributed by atoms with Crippen molar-refractivity contribution in [3.05, 3.63) is 59.7 Å². The first-order chi connectivity index (χ1) is 15.2. The number of hydrogen-bond donors (Lipinski definition) is 1. The minimum atomic E-state index is -4.61. The number of rotatable bonds is 7. The molecule has 2 aromatic rings. The van der Waals surface area contributed by atoms with E-state index in [4.69, 9.17) is 4.74 Å². The van der Waals surface area contributed by atoms with Crippen LogP contribution < -0.4 is 5.32 Å². The predicted molar refractivity (Wildman–Crippen MR) is 118 cm³/mol. The average molecular weight is 465 g/mol. The van der Waals surface area contributed by atoms with Crippen molar-refractivity contribution in [3.8, 4) is 0 Å². The van der Waals surface area contributed by atoms with Gasteiger partial charge in [0, 0.05) is 13.5 Å². The Kier molecular flexibility index (Phi) is 7.57. The fourth-order valence-corrected chi connectivity index (χ4v) is 4.29. The zero-order chi connectivity index (χ0) is 23.3. The number of nitrogens with zero attached hydrogens (tertiary/aromatic N) is 2. The van der Waals surface area contributed by atoms with Gasteiger partial charge < -0.3 is 10.1 Å². The molecule has 0 bridgehead atoms. The van der Waals surface area contributed by atoms with E-state index in [0.29, 0.717) is 10.9 Å². The molecule has 1 heterocycles. The fourth-order valence-electron chi connectivity index (χ4n) is 3.11. The molecular formula is C22H22F3N3O3S. The Bertz CT molecular complexity index is 1030. The summed E-state index contributed by atoms with van der Waals surface area (Å²) in [6.45, 7) is 2.42. The number of ether oxygens (including phenoxy) is 1. The molecule has 0 aliphatic carbocycles. The van der Waals surface area contributed by atoms with Gasteiger partial charge in [0.1, 0.15) is 5.25 Å². The monoisotopic (exact) mass is 465 g/mol. The molecule has 1 aliphatic heterocycles. The summed E-state index contributed by atoms with van der Waals surface area (Å²) in [5.74, 6) is -1.02. The van der Waals surface area contributed by atoms with Gasteiger partial charge in [0.15, 0.2) is 5.17 Å². The van der Waals surface area contributed by atoms with Crippen LogP contribution in [0, 0.1) is 6.92 Å². The molecule has 10 heteroatoms. The first-order valence-corrected chi connectivity index (χ1v) is 10.7. The molecule has 1 unspecified atom stereocenters. The lowest BCUT2D eigenvalue weighted by atomic mass is 10.1. The highest BCUT2D eigenvalue weighted by Gasteiger charge is 2.39. The fraction of sp³-hybridized carbons (Fsp3) is 0.318. The standard InChI is InChI=1S/C22H22F3N3O3S/c1-14-7-3-5-9-16(14)27-21-28(11-12-31-2)20(30)18(32-21)13-19(29)26-17-10-6-4-8-15(17)22(23,24)25/h3-10,18H,11-13H2,1-2H3,(H,26,29). The maximum Gasteiger partial charge on any atom is 0.418 e. The van der Waals surface area contributed by atoms with Gasteiger partial charge in [-0.2, -0.15) is 13.2 Å². The largest absolute Gasteiger partial charge is 0.418 e. The zero-order valence-electron chi connectivity index (χ0n) is 17.5. The van der Waals surface area contributed by atoms with E-state index in [1.807, 2.05) is 31.2 Å². The molecule has 1 aliphatic rings. The highest BCUT2D eigenvalue weighted by atomic mass is 32.2. The molecule has 3 rings (SSSR count). The Morgan fingerprint density at radius 2 is 1.88 bits per heavy atom. The van der Waals surface area contributed by atoms with Gasteiger partial charge in [-0.25, -0.2) is 4.99 Å². The van der Waals surface area contributed by atoms with Crippen LogP contribution in [0.1, 0.15) is 17.5 Å². The number of aliphatic imine (C=N–C) groups is 1. The summed E-state index contributed by atoms with van der Waals surface area (Å²) in [7, 11) is 1.51. The molecule has 6 nitrogen and oxygen atoms in total. The van der Waals surface area contributed by atoms with Crippen molar-refractivity contribution in [2.75, 3.05) is 25.6 Å². The van der Waals surface area contributed by atoms with E-state index in [1.54, 1.807) is 0 Å². The summed E-state index contributed by atoms with van der Waals surface area (Å²) in [4.78, 5) is 31.5. The Morgan fingerprint density at radius 1 is 1.19 bits per heavy atom. The molecule has 1 saturated heterocycles. The summed E-state index contributed by atoms with van der Waals surface area (Å²) in [6.07, 6.45) is -4.89. The highest BCUT2D eigenvalue weighted by Crippen LogP contribution is 2.36. The van der Waals surface area contributed by atoms with E-state index in [9.17, 15) is 22.8 Å². The second kappa shape index (κ2) is 10.2. The Morgan fingerprint density at radius 3 is 2.56 bits per heavy atom. The van der Waals surface area contributed by atoms with Crippen LogP contribution in [0.5, 0.6) is 0 Å². The topological polar surface area (TPSA) is 71.0 Å². The molecule has 1 N–H and O–H groups in total. The number of alkyl halides is 3. The number of methoxy groups -OCH3 is 1. The third-order valence-electron chi connectivity index (χ3n) is 4.75. The molecule has 2 amide bonds. The van der Waals surface area contributed by atoms with Gasteiger partial charge in [0.25, 0.3) is 0 Å². The smallest absolute Gasteiger partial charge is 0.383 e. The quantitative estimate of drug-likeness (QED) is 0.648. The van der Waals surface area contributed by atoms with Crippen molar-refractivity contribution < 1.29 is 27.5 Å². The Labute approximate surface area is 187 Å². The highest BCUT2D eigenvalue weighted by molar-refractivity contribution is 8.15. The minimum Gasteiger partial charge on any atom is -0.383 e. The number of aryl methyl sites for hydroxylation is 1. The van der Waals surface area contributed by atoms with Gasteiger partial charge >= 0.3 is 6.18 Å². The lowest BCUT2D eigenvalue weighted by Crippen LogP contribution is -2.35. The number of carbonyl (C=O) groups excluding carboxylic acids is 2. The lowest BCUT2D eigenvalue weighted by molar-refractivity contribution is -0.137. The van der Waals surface area contributed by atoms with Gasteiger partial charge in [-0.1, -0.05) is 42.1 Å². The van der Waals surface area contributed by atoms with Crippen molar-refractivity contribution in [2.24, 2.45) is 4.99 Å². The van der Waals surface area contributed by atoms with Crippen LogP contribution >= 0.6 is 11.8 Å². The number of carbonyl (C=O) groups is 2. The van der Waals surface area contributed by atoms with Crippen LogP contribution in [0.25, 0.3) is 0 Å². The van der Waals surface area contributed by atoms with Crippen LogP contribution in [0.4, 0.5) is 24.5 Å². The molecule has 0 spiro atoms. The van der Waals surface area contributed by atoms with E-state index in [0.717, 1.165) is 23.4 Å². The van der Waals surface area contributed by atoms with Crippen molar-refractivity contribution in [2.45, 2.75) is 24.8 Å². The number of amidine groups is 1. The second-order valence-corrected chi connectivity index (χ2v) is 8.24. The number of anilines is 1. The van der Waals surface area contributed by atoms with E-state index in [-0.39, 0.29) is 31.2 Å². The van der Waals surface area contributed by atoms with Crippen molar-refractivity contribution in [1.82, 2.24) is 4.90 Å². The summed E-state index contributed by atoms with van der Waals surface area (Å²) < 4.78 is 44.6. The summed E-state index contributed by atoms with van der Waals surface area (Å²) in [5.41, 5.74) is 0.326. The SMILES string of the molecule is COCCN1C(=O)C(CC(=O)Nc2ccccc2C(F)(F)F)SC1=Nc1ccccc1C. The number of para-hydroxylation sites is 2. The van der Waals surface area contributed by atoms with Crippen molar-refractivity contribution in [1.29, 1.82) is 0 Å². The summed E-state index contributed by atoms with van der Waals surface area (Å²) >= 11 is 1.12. The van der Waals surface area contributed by atoms with E-state index in [1.165, 1.54) is 30.2 Å². The zero-order valence-corrected chi connectivity index (χ0v) is 18.3. The molecule has 32 heavy (non-hydrogen) atoms. The number of benzene rings is 2. The third-order valence-corrected chi connectivity index (χ3v) is 5.92. The number of nitrogens with one attached hydrogen (secondary N) is 1. The first kappa shape index (κ1) is 23.8. The third kappa shape index (κ3) is 5.68. The molecule has 1 fully saturated rings. The van der Waals surface area contributed by atoms with Gasteiger partial charge in [-0.3, -0.25) is 14.5 Å². The maximum absolute atomic E-state index is 13.2. The van der Waals surface area contributed by atoms with Crippen LogP contribution in [0.2, 0.25) is 0 Å². The van der Waals surface area contributed by atoms with Crippen LogP contribution in [-0.4, -0.2) is 47.4 Å². The number of hydrogen-bond acceptors (Lipinski definition) is 5. The molecule has 170 valence electrons. The Balaban J connectivity index is 1.78. The maximum atomic E-state index is 13.2. The minimum absolute atomic E-state index is 0.252. The van der Waals surface area contributed by atoms with Gasteiger partial charge in [0.05, 0.1) is 30.1 Å².